The van der Waals surface area contributed by atoms with E-state index in [1.807, 2.05) is 0 Å². The van der Waals surface area contributed by atoms with Gasteiger partial charge < -0.3 is 20.8 Å². The number of hydrogen-bond donors (Lipinski definition) is 0. The van der Waals surface area contributed by atoms with Crippen molar-refractivity contribution >= 4 is 9.90 Å². The third kappa shape index (κ3) is 199. The summed E-state index contributed by atoms with van der Waals surface area (Å²) in [6.45, 7) is 15.0. The van der Waals surface area contributed by atoms with E-state index in [9.17, 15) is 0 Å². The van der Waals surface area contributed by atoms with Crippen molar-refractivity contribution in [2.24, 2.45) is 0 Å². The van der Waals surface area contributed by atoms with Crippen LogP contribution in [0.2, 0.25) is 0 Å². The normalized spacial score (nSPS) is 2.25. The summed E-state index contributed by atoms with van der Waals surface area (Å²) in [6, 6.07) is 0. The van der Waals surface area contributed by atoms with E-state index in [0.29, 0.717) is 0 Å². The van der Waals surface area contributed by atoms with E-state index >= 15 is 0 Å². The average molecular weight is 318 g/mol. The van der Waals surface area contributed by atoms with Gasteiger partial charge >= 0.3 is 22.4 Å². The van der Waals surface area contributed by atoms with Crippen molar-refractivity contribution in [1.29, 1.82) is 0 Å². The molecule has 2 heteroatoms. The van der Waals surface area contributed by atoms with Crippen molar-refractivity contribution in [2.45, 2.75) is 20.8 Å². The number of hydrogen-bond acceptors (Lipinski definition) is 0. The third-order valence-electron chi connectivity index (χ3n) is 0. The van der Waals surface area contributed by atoms with Gasteiger partial charge in [0.25, 0.3) is 0 Å². The van der Waals surface area contributed by atoms with Crippen molar-refractivity contribution in [3.63, 3.8) is 0 Å². The molecule has 0 aliphatic heterocycles. The predicted octanol–water partition coefficient (Wildman–Crippen LogP) is 2.58. The molecule has 0 aromatic rings. The topological polar surface area (TPSA) is 0 Å². The van der Waals surface area contributed by atoms with Crippen LogP contribution in [0.1, 0.15) is 20.8 Å². The second-order valence-corrected chi connectivity index (χ2v) is 0. The first-order chi connectivity index (χ1) is 3.00. The summed E-state index contributed by atoms with van der Waals surface area (Å²) < 4.78 is 0. The molecule has 0 rings (SSSR count). The summed E-state index contributed by atoms with van der Waals surface area (Å²) in [4.78, 5) is 0. The standard InChI is InChI=1S/3C2H5.Au.H3P/c3*1-2;;/h3*1H2,2H3;;1H3/q3*-1;+3;. The second-order valence-electron chi connectivity index (χ2n) is 0. The molecule has 0 N–H and O–H groups in total. The van der Waals surface area contributed by atoms with Gasteiger partial charge in [-0.05, 0) is 0 Å². The molecule has 8 heavy (non-hydrogen) atoms. The predicted molar refractivity (Wildman–Crippen MR) is 44.2 cm³/mol. The first kappa shape index (κ1) is 35.2. The van der Waals surface area contributed by atoms with Crippen LogP contribution >= 0.6 is 9.90 Å². The van der Waals surface area contributed by atoms with Crippen LogP contribution in [0.15, 0.2) is 0 Å². The van der Waals surface area contributed by atoms with E-state index in [1.54, 1.807) is 20.8 Å². The summed E-state index contributed by atoms with van der Waals surface area (Å²) in [5.41, 5.74) is 0. The molecule has 58 valence electrons. The SMILES string of the molecule is P.[Au+3].[CH2-]C.[CH2-]C.[CH2-]C. The summed E-state index contributed by atoms with van der Waals surface area (Å²) >= 11 is 0. The Kier molecular flexibility index (Phi) is 1350. The van der Waals surface area contributed by atoms with Crippen molar-refractivity contribution < 1.29 is 22.4 Å². The minimum absolute atomic E-state index is 0. The first-order valence-electron chi connectivity index (χ1n) is 2.12. The maximum absolute atomic E-state index is 3.25. The van der Waals surface area contributed by atoms with Gasteiger partial charge in [-0.2, -0.15) is 30.7 Å². The van der Waals surface area contributed by atoms with Gasteiger partial charge in [-0.1, -0.05) is 0 Å². The van der Waals surface area contributed by atoms with Gasteiger partial charge in [0, 0.05) is 0 Å². The molecule has 0 saturated heterocycles. The molecular weight excluding hydrogens is 300 g/mol. The van der Waals surface area contributed by atoms with E-state index in [1.165, 1.54) is 0 Å². The molecule has 0 saturated carbocycles. The maximum atomic E-state index is 3.25. The van der Waals surface area contributed by atoms with E-state index in [-0.39, 0.29) is 32.3 Å². The van der Waals surface area contributed by atoms with Gasteiger partial charge in [0.2, 0.25) is 0 Å². The largest absolute Gasteiger partial charge is 3.00 e. The fourth-order valence-electron chi connectivity index (χ4n) is 0. The molecule has 0 radical (unpaired) electrons. The Bertz CT molecular complexity index is 8.49. The van der Waals surface area contributed by atoms with Crippen molar-refractivity contribution in [3.8, 4) is 0 Å². The average Bonchev–Trinajstić information content (AvgIpc) is 1.81. The van der Waals surface area contributed by atoms with E-state index in [2.05, 4.69) is 20.8 Å². The summed E-state index contributed by atoms with van der Waals surface area (Å²) in [7, 11) is 0. The van der Waals surface area contributed by atoms with Crippen molar-refractivity contribution in [2.75, 3.05) is 0 Å². The molecule has 0 aromatic carbocycles. The zero-order valence-corrected chi connectivity index (χ0v) is 9.71. The van der Waals surface area contributed by atoms with Crippen molar-refractivity contribution in [1.82, 2.24) is 0 Å². The molecule has 0 aromatic heterocycles. The quantitative estimate of drug-likeness (QED) is 0.366. The Labute approximate surface area is 74.0 Å². The van der Waals surface area contributed by atoms with Crippen LogP contribution in [-0.4, -0.2) is 0 Å². The van der Waals surface area contributed by atoms with Crippen LogP contribution in [0.3, 0.4) is 0 Å². The van der Waals surface area contributed by atoms with Crippen LogP contribution in [0.25, 0.3) is 0 Å². The van der Waals surface area contributed by atoms with E-state index in [0.717, 1.165) is 0 Å². The van der Waals surface area contributed by atoms with Gasteiger partial charge in [0.05, 0.1) is 0 Å². The molecule has 0 bridgehead atoms. The Morgan fingerprint density at radius 1 is 0.625 bits per heavy atom. The van der Waals surface area contributed by atoms with Crippen LogP contribution < -0.4 is 0 Å². The second kappa shape index (κ2) is 307. The maximum Gasteiger partial charge on any atom is 3.00 e. The molecule has 0 amide bonds. The van der Waals surface area contributed by atoms with Crippen molar-refractivity contribution in [3.05, 3.63) is 20.8 Å². The van der Waals surface area contributed by atoms with Crippen LogP contribution in [0.5, 0.6) is 0 Å². The Morgan fingerprint density at radius 3 is 0.625 bits per heavy atom. The van der Waals surface area contributed by atoms with E-state index < -0.39 is 0 Å². The monoisotopic (exact) mass is 318 g/mol. The van der Waals surface area contributed by atoms with Gasteiger partial charge in [0.1, 0.15) is 0 Å². The molecular formula is C6H18AuP. The Hall–Kier alpha value is 1.17. The van der Waals surface area contributed by atoms with E-state index in [4.69, 9.17) is 0 Å². The molecule has 0 aliphatic rings. The molecule has 1 atom stereocenters. The smallest absolute Gasteiger partial charge is 0.346 e. The molecule has 0 fully saturated rings. The zero-order chi connectivity index (χ0) is 6.00. The molecule has 0 aliphatic carbocycles. The van der Waals surface area contributed by atoms with Gasteiger partial charge in [-0.3, -0.25) is 0 Å². The minimum Gasteiger partial charge on any atom is -0.346 e. The first-order valence-corrected chi connectivity index (χ1v) is 2.12. The van der Waals surface area contributed by atoms with Gasteiger partial charge in [0.15, 0.2) is 0 Å². The minimum atomic E-state index is 0. The molecule has 1 unspecified atom stereocenters. The molecule has 0 spiro atoms. The van der Waals surface area contributed by atoms with Crippen LogP contribution in [0.4, 0.5) is 0 Å². The molecule has 0 heterocycles. The Morgan fingerprint density at radius 2 is 0.625 bits per heavy atom. The fourth-order valence-corrected chi connectivity index (χ4v) is 0. The van der Waals surface area contributed by atoms with Gasteiger partial charge in [-0.25, -0.2) is 0 Å². The summed E-state index contributed by atoms with van der Waals surface area (Å²) in [5.74, 6) is 0. The Balaban J connectivity index is -0.00000000500. The number of rotatable bonds is 0. The zero-order valence-electron chi connectivity index (χ0n) is 6.13. The molecule has 0 nitrogen and oxygen atoms in total. The van der Waals surface area contributed by atoms with Crippen LogP contribution in [0, 0.1) is 20.8 Å². The fraction of sp³-hybridized carbons (Fsp3) is 0.500. The summed E-state index contributed by atoms with van der Waals surface area (Å²) in [5, 5.41) is 0. The third-order valence-corrected chi connectivity index (χ3v) is 0. The van der Waals surface area contributed by atoms with Crippen LogP contribution in [-0.2, 0) is 22.4 Å². The summed E-state index contributed by atoms with van der Waals surface area (Å²) in [6.07, 6.45) is 0. The van der Waals surface area contributed by atoms with Gasteiger partial charge in [-0.15, -0.1) is 0 Å².